The molecule has 2 aromatic carbocycles. The van der Waals surface area contributed by atoms with Gasteiger partial charge >= 0.3 is 0 Å². The third kappa shape index (κ3) is 6.79. The van der Waals surface area contributed by atoms with Crippen molar-refractivity contribution in [3.63, 3.8) is 0 Å². The summed E-state index contributed by atoms with van der Waals surface area (Å²) in [6.45, 7) is 7.20. The molecule has 0 aromatic heterocycles. The van der Waals surface area contributed by atoms with Gasteiger partial charge in [0.05, 0.1) is 15.5 Å². The summed E-state index contributed by atoms with van der Waals surface area (Å²) in [6, 6.07) is 9.97. The maximum atomic E-state index is 13.1. The van der Waals surface area contributed by atoms with E-state index in [0.717, 1.165) is 32.0 Å². The average molecular weight is 492 g/mol. The normalized spacial score (nSPS) is 15.2. The van der Waals surface area contributed by atoms with Crippen LogP contribution in [0.15, 0.2) is 52.3 Å². The number of carbonyl (C=O) groups excluding carboxylic acids is 2. The molecule has 178 valence electrons. The van der Waals surface area contributed by atoms with Crippen LogP contribution in [-0.2, 0) is 14.6 Å². The topological polar surface area (TPSA) is 95.6 Å². The van der Waals surface area contributed by atoms with E-state index in [0.29, 0.717) is 11.6 Å². The van der Waals surface area contributed by atoms with Gasteiger partial charge in [-0.05, 0) is 87.3 Å². The molecule has 0 spiro atoms. The van der Waals surface area contributed by atoms with Gasteiger partial charge in [-0.1, -0.05) is 18.5 Å². The predicted octanol–water partition coefficient (Wildman–Crippen LogP) is 3.98. The Kier molecular flexibility index (Phi) is 8.51. The van der Waals surface area contributed by atoms with Crippen molar-refractivity contribution in [2.24, 2.45) is 5.92 Å². The number of nitrogens with one attached hydrogen (secondary N) is 2. The number of likely N-dealkylation sites (tertiary alicyclic amines) is 1. The summed E-state index contributed by atoms with van der Waals surface area (Å²) in [7, 11) is -3.92. The second-order valence-electron chi connectivity index (χ2n) is 8.48. The molecule has 0 aliphatic carbocycles. The molecule has 2 amide bonds. The van der Waals surface area contributed by atoms with Gasteiger partial charge in [0.25, 0.3) is 5.91 Å². The molecule has 7 nitrogen and oxygen atoms in total. The minimum atomic E-state index is -3.92. The first-order valence-electron chi connectivity index (χ1n) is 11.1. The van der Waals surface area contributed by atoms with Crippen LogP contribution in [0.1, 0.15) is 43.5 Å². The maximum Gasteiger partial charge on any atom is 0.251 e. The van der Waals surface area contributed by atoms with Crippen LogP contribution in [0.5, 0.6) is 0 Å². The number of halogens is 1. The first-order chi connectivity index (χ1) is 15.7. The maximum absolute atomic E-state index is 13.1. The fourth-order valence-corrected chi connectivity index (χ4v) is 5.35. The standard InChI is InChI=1S/C24H30ClN3O4S/c1-17-10-14-28(15-11-17)13-3-12-26-24(30)19-4-9-23(22(16-19)27-18(2)29)33(31,32)21-7-5-20(25)6-8-21/h4-9,16-17H,3,10-15H2,1-2H3,(H,26,30)(H,27,29). The van der Waals surface area contributed by atoms with Crippen molar-refractivity contribution in [3.05, 3.63) is 53.1 Å². The van der Waals surface area contributed by atoms with Crippen LogP contribution in [0.2, 0.25) is 5.02 Å². The van der Waals surface area contributed by atoms with Gasteiger partial charge in [-0.15, -0.1) is 0 Å². The molecular formula is C24H30ClN3O4S. The monoisotopic (exact) mass is 491 g/mol. The lowest BCUT2D eigenvalue weighted by Crippen LogP contribution is -2.35. The highest BCUT2D eigenvalue weighted by atomic mass is 35.5. The lowest BCUT2D eigenvalue weighted by Gasteiger charge is -2.30. The fourth-order valence-electron chi connectivity index (χ4n) is 3.83. The predicted molar refractivity (Wildman–Crippen MR) is 129 cm³/mol. The second kappa shape index (κ2) is 11.1. The Morgan fingerprint density at radius 2 is 1.76 bits per heavy atom. The molecule has 9 heteroatoms. The van der Waals surface area contributed by atoms with Gasteiger partial charge in [0.1, 0.15) is 0 Å². The van der Waals surface area contributed by atoms with Crippen LogP contribution >= 0.6 is 11.6 Å². The SMILES string of the molecule is CC(=O)Nc1cc(C(=O)NCCCN2CCC(C)CC2)ccc1S(=O)(=O)c1ccc(Cl)cc1. The number of carbonyl (C=O) groups is 2. The van der Waals surface area contributed by atoms with Gasteiger partial charge in [-0.3, -0.25) is 9.59 Å². The van der Waals surface area contributed by atoms with Crippen molar-refractivity contribution in [3.8, 4) is 0 Å². The number of amides is 2. The van der Waals surface area contributed by atoms with Crippen LogP contribution in [0.3, 0.4) is 0 Å². The summed E-state index contributed by atoms with van der Waals surface area (Å²) < 4.78 is 26.2. The minimum Gasteiger partial charge on any atom is -0.352 e. The van der Waals surface area contributed by atoms with Crippen LogP contribution in [0.25, 0.3) is 0 Å². The van der Waals surface area contributed by atoms with Crippen LogP contribution in [-0.4, -0.2) is 51.3 Å². The minimum absolute atomic E-state index is 0.0443. The average Bonchev–Trinajstić information content (AvgIpc) is 2.77. The number of sulfone groups is 1. The van der Waals surface area contributed by atoms with Crippen molar-refractivity contribution in [2.45, 2.75) is 42.9 Å². The zero-order valence-corrected chi connectivity index (χ0v) is 20.5. The molecule has 1 saturated heterocycles. The Hall–Kier alpha value is -2.42. The first kappa shape index (κ1) is 25.2. The molecule has 0 atom stereocenters. The summed E-state index contributed by atoms with van der Waals surface area (Å²) >= 11 is 5.87. The molecule has 2 aromatic rings. The molecule has 0 unspecified atom stereocenters. The third-order valence-electron chi connectivity index (χ3n) is 5.78. The Balaban J connectivity index is 1.69. The fraction of sp³-hybridized carbons (Fsp3) is 0.417. The van der Waals surface area contributed by atoms with E-state index >= 15 is 0 Å². The molecule has 3 rings (SSSR count). The molecule has 1 fully saturated rings. The largest absolute Gasteiger partial charge is 0.352 e. The molecule has 33 heavy (non-hydrogen) atoms. The molecule has 2 N–H and O–H groups in total. The van der Waals surface area contributed by atoms with Crippen molar-refractivity contribution in [2.75, 3.05) is 31.5 Å². The van der Waals surface area contributed by atoms with E-state index in [4.69, 9.17) is 11.6 Å². The smallest absolute Gasteiger partial charge is 0.251 e. The molecule has 0 bridgehead atoms. The van der Waals surface area contributed by atoms with E-state index in [-0.39, 0.29) is 26.9 Å². The van der Waals surface area contributed by atoms with E-state index in [1.54, 1.807) is 0 Å². The Labute approximate surface area is 200 Å². The molecule has 1 aliphatic rings. The van der Waals surface area contributed by atoms with Crippen LogP contribution in [0.4, 0.5) is 5.69 Å². The summed E-state index contributed by atoms with van der Waals surface area (Å²) in [5.41, 5.74) is 0.341. The summed E-state index contributed by atoms with van der Waals surface area (Å²) in [5.74, 6) is 0.0329. The number of benzene rings is 2. The first-order valence-corrected chi connectivity index (χ1v) is 13.0. The number of piperidine rings is 1. The number of hydrogen-bond donors (Lipinski definition) is 2. The Morgan fingerprint density at radius 1 is 1.09 bits per heavy atom. The van der Waals surface area contributed by atoms with Gasteiger partial charge in [0, 0.05) is 24.1 Å². The Bertz CT molecular complexity index is 1100. The summed E-state index contributed by atoms with van der Waals surface area (Å²) in [6.07, 6.45) is 3.26. The van der Waals surface area contributed by atoms with Crippen molar-refractivity contribution in [1.82, 2.24) is 10.2 Å². The Morgan fingerprint density at radius 3 is 2.39 bits per heavy atom. The van der Waals surface area contributed by atoms with Gasteiger partial charge < -0.3 is 15.5 Å². The number of rotatable bonds is 8. The summed E-state index contributed by atoms with van der Waals surface area (Å²) in [4.78, 5) is 26.7. The summed E-state index contributed by atoms with van der Waals surface area (Å²) in [5, 5.41) is 5.84. The highest BCUT2D eigenvalue weighted by molar-refractivity contribution is 7.91. The van der Waals surface area contributed by atoms with Gasteiger partial charge in [0.15, 0.2) is 0 Å². The lowest BCUT2D eigenvalue weighted by molar-refractivity contribution is -0.114. The molecule has 0 radical (unpaired) electrons. The lowest BCUT2D eigenvalue weighted by atomic mass is 9.99. The van der Waals surface area contributed by atoms with Crippen LogP contribution in [0, 0.1) is 5.92 Å². The number of anilines is 1. The quantitative estimate of drug-likeness (QED) is 0.544. The van der Waals surface area contributed by atoms with E-state index in [1.165, 1.54) is 62.2 Å². The van der Waals surface area contributed by atoms with Gasteiger partial charge in [-0.25, -0.2) is 8.42 Å². The third-order valence-corrected chi connectivity index (χ3v) is 7.86. The molecular weight excluding hydrogens is 462 g/mol. The number of hydrogen-bond acceptors (Lipinski definition) is 5. The van der Waals surface area contributed by atoms with Crippen molar-refractivity contribution >= 4 is 38.9 Å². The van der Waals surface area contributed by atoms with Crippen molar-refractivity contribution in [1.29, 1.82) is 0 Å². The van der Waals surface area contributed by atoms with Gasteiger partial charge in [0.2, 0.25) is 15.7 Å². The zero-order valence-electron chi connectivity index (χ0n) is 18.9. The van der Waals surface area contributed by atoms with E-state index < -0.39 is 15.7 Å². The van der Waals surface area contributed by atoms with E-state index in [9.17, 15) is 18.0 Å². The van der Waals surface area contributed by atoms with Crippen molar-refractivity contribution < 1.29 is 18.0 Å². The van der Waals surface area contributed by atoms with Crippen LogP contribution < -0.4 is 10.6 Å². The van der Waals surface area contributed by atoms with E-state index in [2.05, 4.69) is 22.5 Å². The zero-order chi connectivity index (χ0) is 24.0. The van der Waals surface area contributed by atoms with Gasteiger partial charge in [-0.2, -0.15) is 0 Å². The highest BCUT2D eigenvalue weighted by Crippen LogP contribution is 2.29. The molecule has 1 aliphatic heterocycles. The number of nitrogens with zero attached hydrogens (tertiary/aromatic N) is 1. The second-order valence-corrected chi connectivity index (χ2v) is 10.8. The highest BCUT2D eigenvalue weighted by Gasteiger charge is 2.23. The molecule has 0 saturated carbocycles. The van der Waals surface area contributed by atoms with E-state index in [1.807, 2.05) is 0 Å². The molecule has 1 heterocycles.